The molecule has 0 radical (unpaired) electrons. The summed E-state index contributed by atoms with van der Waals surface area (Å²) < 4.78 is 5.63. The molecule has 1 saturated heterocycles. The average molecular weight is 341 g/mol. The molecule has 0 spiro atoms. The van der Waals surface area contributed by atoms with Crippen LogP contribution in [0.2, 0.25) is 0 Å². The van der Waals surface area contributed by atoms with Gasteiger partial charge in [-0.25, -0.2) is 4.98 Å². The Morgan fingerprint density at radius 3 is 2.84 bits per heavy atom. The maximum Gasteiger partial charge on any atom is 0.268 e. The summed E-state index contributed by atoms with van der Waals surface area (Å²) >= 11 is 0. The molecule has 3 heterocycles. The Morgan fingerprint density at radius 2 is 2.16 bits per heavy atom. The summed E-state index contributed by atoms with van der Waals surface area (Å²) in [6, 6.07) is 3.50. The van der Waals surface area contributed by atoms with Crippen LogP contribution in [0, 0.1) is 5.92 Å². The molecule has 2 N–H and O–H groups in total. The monoisotopic (exact) mass is 341 g/mol. The molecule has 25 heavy (non-hydrogen) atoms. The van der Waals surface area contributed by atoms with Crippen molar-refractivity contribution in [1.82, 2.24) is 19.9 Å². The van der Waals surface area contributed by atoms with E-state index in [1.165, 1.54) is 12.4 Å². The van der Waals surface area contributed by atoms with Crippen molar-refractivity contribution in [3.8, 4) is 0 Å². The van der Waals surface area contributed by atoms with Crippen molar-refractivity contribution < 1.29 is 14.3 Å². The highest BCUT2D eigenvalue weighted by atomic mass is 16.5. The van der Waals surface area contributed by atoms with Crippen LogP contribution in [-0.2, 0) is 11.2 Å². The maximum absolute atomic E-state index is 12.6. The van der Waals surface area contributed by atoms with Gasteiger partial charge in [-0.1, -0.05) is 0 Å². The molecule has 0 aliphatic carbocycles. The molecule has 1 fully saturated rings. The van der Waals surface area contributed by atoms with Crippen LogP contribution in [0.15, 0.2) is 36.9 Å². The van der Waals surface area contributed by atoms with Gasteiger partial charge in [0.05, 0.1) is 30.7 Å². The second-order valence-corrected chi connectivity index (χ2v) is 5.90. The minimum Gasteiger partial charge on any atom is -0.379 e. The normalized spacial score (nSPS) is 17.8. The fourth-order valence-corrected chi connectivity index (χ4v) is 2.74. The van der Waals surface area contributed by atoms with Gasteiger partial charge in [0.1, 0.15) is 5.69 Å². The summed E-state index contributed by atoms with van der Waals surface area (Å²) in [6.07, 6.45) is 6.71. The third-order valence-corrected chi connectivity index (χ3v) is 3.99. The highest BCUT2D eigenvalue weighted by molar-refractivity contribution is 5.93. The molecule has 1 aliphatic heterocycles. The minimum absolute atomic E-state index is 0.0567. The third-order valence-electron chi connectivity index (χ3n) is 3.99. The Balaban J connectivity index is 1.67. The summed E-state index contributed by atoms with van der Waals surface area (Å²) in [6.45, 7) is 2.13. The summed E-state index contributed by atoms with van der Waals surface area (Å²) in [5.74, 6) is -0.569. The zero-order valence-electron chi connectivity index (χ0n) is 13.7. The van der Waals surface area contributed by atoms with Gasteiger partial charge in [-0.2, -0.15) is 0 Å². The number of carbonyl (C=O) groups is 2. The van der Waals surface area contributed by atoms with Crippen LogP contribution in [0.25, 0.3) is 0 Å². The first-order valence-corrected chi connectivity index (χ1v) is 8.01. The molecule has 0 saturated carbocycles. The number of nitrogens with two attached hydrogens (primary N) is 1. The van der Waals surface area contributed by atoms with Crippen molar-refractivity contribution in [2.75, 3.05) is 26.3 Å². The lowest BCUT2D eigenvalue weighted by atomic mass is 10.0. The molecule has 1 atom stereocenters. The van der Waals surface area contributed by atoms with E-state index >= 15 is 0 Å². The number of ether oxygens (including phenoxy) is 1. The van der Waals surface area contributed by atoms with Crippen LogP contribution >= 0.6 is 0 Å². The number of pyridine rings is 1. The molecule has 0 bridgehead atoms. The summed E-state index contributed by atoms with van der Waals surface area (Å²) in [4.78, 5) is 37.7. The van der Waals surface area contributed by atoms with Crippen molar-refractivity contribution in [2.45, 2.75) is 6.42 Å². The largest absolute Gasteiger partial charge is 0.379 e. The summed E-state index contributed by atoms with van der Waals surface area (Å²) in [7, 11) is 0. The Labute approximate surface area is 145 Å². The highest BCUT2D eigenvalue weighted by Crippen LogP contribution is 2.14. The fourth-order valence-electron chi connectivity index (χ4n) is 2.74. The Bertz CT molecular complexity index is 736. The van der Waals surface area contributed by atoms with Crippen molar-refractivity contribution in [1.29, 1.82) is 0 Å². The van der Waals surface area contributed by atoms with Gasteiger partial charge in [0.25, 0.3) is 11.8 Å². The second-order valence-electron chi connectivity index (χ2n) is 5.90. The van der Waals surface area contributed by atoms with Crippen LogP contribution in [-0.4, -0.2) is 58.0 Å². The lowest BCUT2D eigenvalue weighted by molar-refractivity contribution is 0.0736. The number of hydrogen-bond acceptors (Lipinski definition) is 6. The zero-order valence-corrected chi connectivity index (χ0v) is 13.7. The van der Waals surface area contributed by atoms with Crippen LogP contribution in [0.1, 0.15) is 26.5 Å². The van der Waals surface area contributed by atoms with Gasteiger partial charge < -0.3 is 15.4 Å². The molecular formula is C17H19N5O3. The molecule has 130 valence electrons. The molecule has 0 aromatic carbocycles. The average Bonchev–Trinajstić information content (AvgIpc) is 2.88. The molecule has 2 amide bonds. The quantitative estimate of drug-likeness (QED) is 0.856. The molecule has 8 heteroatoms. The number of amides is 2. The molecule has 1 aliphatic rings. The number of nitrogens with zero attached hydrogens (tertiary/aromatic N) is 4. The van der Waals surface area contributed by atoms with Gasteiger partial charge in [0.2, 0.25) is 0 Å². The lowest BCUT2D eigenvalue weighted by Crippen LogP contribution is -2.36. The minimum atomic E-state index is -0.606. The van der Waals surface area contributed by atoms with Crippen molar-refractivity contribution in [3.63, 3.8) is 0 Å². The molecule has 3 rings (SSSR count). The Morgan fingerprint density at radius 1 is 1.28 bits per heavy atom. The van der Waals surface area contributed by atoms with Gasteiger partial charge in [0.15, 0.2) is 0 Å². The predicted octanol–water partition coefficient (Wildman–Crippen LogP) is 0.302. The van der Waals surface area contributed by atoms with Gasteiger partial charge in [-0.15, -0.1) is 0 Å². The van der Waals surface area contributed by atoms with E-state index in [-0.39, 0.29) is 17.5 Å². The third kappa shape index (κ3) is 4.36. The fraction of sp³-hybridized carbons (Fsp3) is 0.353. The van der Waals surface area contributed by atoms with E-state index in [9.17, 15) is 9.59 Å². The van der Waals surface area contributed by atoms with Gasteiger partial charge in [-0.3, -0.25) is 19.6 Å². The van der Waals surface area contributed by atoms with E-state index in [2.05, 4.69) is 15.0 Å². The first kappa shape index (κ1) is 17.0. The SMILES string of the molecule is NC(=O)c1cnc(CC2COCCN(C(=O)c3cccnc3)C2)cn1. The number of primary amides is 1. The van der Waals surface area contributed by atoms with E-state index in [0.717, 1.165) is 5.69 Å². The standard InChI is InChI=1S/C17H19N5O3/c18-16(23)15-9-20-14(8-21-15)6-12-10-22(4-5-25-11-12)17(24)13-2-1-3-19-7-13/h1-3,7-9,12H,4-6,10-11H2,(H2,18,23). The van der Waals surface area contributed by atoms with Crippen LogP contribution in [0.4, 0.5) is 0 Å². The van der Waals surface area contributed by atoms with Crippen LogP contribution in [0.5, 0.6) is 0 Å². The van der Waals surface area contributed by atoms with Crippen LogP contribution < -0.4 is 5.73 Å². The number of carbonyl (C=O) groups excluding carboxylic acids is 2. The molecular weight excluding hydrogens is 322 g/mol. The lowest BCUT2D eigenvalue weighted by Gasteiger charge is -2.23. The Hall–Kier alpha value is -2.87. The topological polar surface area (TPSA) is 111 Å². The second kappa shape index (κ2) is 7.80. The molecule has 1 unspecified atom stereocenters. The van der Waals surface area contributed by atoms with Gasteiger partial charge in [0, 0.05) is 37.6 Å². The van der Waals surface area contributed by atoms with E-state index < -0.39 is 5.91 Å². The van der Waals surface area contributed by atoms with E-state index in [1.807, 2.05) is 0 Å². The van der Waals surface area contributed by atoms with Crippen molar-refractivity contribution >= 4 is 11.8 Å². The smallest absolute Gasteiger partial charge is 0.268 e. The highest BCUT2D eigenvalue weighted by Gasteiger charge is 2.24. The van der Waals surface area contributed by atoms with E-state index in [1.54, 1.807) is 29.4 Å². The van der Waals surface area contributed by atoms with Crippen molar-refractivity contribution in [3.05, 3.63) is 53.9 Å². The van der Waals surface area contributed by atoms with Gasteiger partial charge >= 0.3 is 0 Å². The maximum atomic E-state index is 12.6. The summed E-state index contributed by atoms with van der Waals surface area (Å²) in [5.41, 5.74) is 6.59. The number of rotatable bonds is 4. The number of hydrogen-bond donors (Lipinski definition) is 1. The van der Waals surface area contributed by atoms with Crippen molar-refractivity contribution in [2.24, 2.45) is 11.7 Å². The Kier molecular flexibility index (Phi) is 5.30. The molecule has 2 aromatic heterocycles. The molecule has 8 nitrogen and oxygen atoms in total. The number of aromatic nitrogens is 3. The first-order chi connectivity index (χ1) is 12.1. The van der Waals surface area contributed by atoms with E-state index in [0.29, 0.717) is 38.3 Å². The zero-order chi connectivity index (χ0) is 17.6. The van der Waals surface area contributed by atoms with Gasteiger partial charge in [-0.05, 0) is 18.6 Å². The molecule has 2 aromatic rings. The summed E-state index contributed by atoms with van der Waals surface area (Å²) in [5, 5.41) is 0. The van der Waals surface area contributed by atoms with E-state index in [4.69, 9.17) is 10.5 Å². The first-order valence-electron chi connectivity index (χ1n) is 8.01. The predicted molar refractivity (Wildman–Crippen MR) is 88.7 cm³/mol. The van der Waals surface area contributed by atoms with Crippen LogP contribution in [0.3, 0.4) is 0 Å².